The molecule has 0 aliphatic carbocycles. The summed E-state index contributed by atoms with van der Waals surface area (Å²) in [7, 11) is -0.896. The molecule has 0 heterocycles. The second kappa shape index (κ2) is 5.59. The van der Waals surface area contributed by atoms with Gasteiger partial charge in [0.2, 0.25) is 0 Å². The van der Waals surface area contributed by atoms with Gasteiger partial charge in [-0.05, 0) is 0 Å². The summed E-state index contributed by atoms with van der Waals surface area (Å²) < 4.78 is 0. The summed E-state index contributed by atoms with van der Waals surface area (Å²) in [6.07, 6.45) is 0. The smallest absolute Gasteiger partial charge is 0.437 e. The quantitative estimate of drug-likeness (QED) is 0.507. The second-order valence-electron chi connectivity index (χ2n) is 5.23. The Morgan fingerprint density at radius 2 is 1.17 bits per heavy atom. The molecule has 0 aromatic rings. The number of hydrogen-bond acceptors (Lipinski definition) is 0. The predicted molar refractivity (Wildman–Crippen MR) is 63.3 cm³/mol. The van der Waals surface area contributed by atoms with Crippen molar-refractivity contribution in [2.45, 2.75) is 44.2 Å². The van der Waals surface area contributed by atoms with E-state index in [2.05, 4.69) is 39.3 Å². The molecule has 12 heavy (non-hydrogen) atoms. The predicted octanol–water partition coefficient (Wildman–Crippen LogP) is 1.21. The van der Waals surface area contributed by atoms with Gasteiger partial charge in [-0.1, -0.05) is 39.3 Å². The van der Waals surface area contributed by atoms with Crippen molar-refractivity contribution in [2.24, 2.45) is 0 Å². The van der Waals surface area contributed by atoms with E-state index in [0.717, 1.165) is 12.8 Å². The standard InChI is InChI=1S/C7H19ClPSi2.Li/c1-10(2,3)7(9-8)11(4,5)6;/h7H,1-6H3;/q-1;+1. The van der Waals surface area contributed by atoms with Crippen LogP contribution in [0, 0.1) is 0 Å². The molecule has 0 aliphatic rings. The summed E-state index contributed by atoms with van der Waals surface area (Å²) in [5, 5.41) is 0. The first-order chi connectivity index (χ1) is 4.69. The monoisotopic (exact) mass is 232 g/mol. The average molecular weight is 233 g/mol. The van der Waals surface area contributed by atoms with Crippen LogP contribution in [-0.2, 0) is 0 Å². The van der Waals surface area contributed by atoms with E-state index in [9.17, 15) is 0 Å². The Hall–Kier alpha value is 1.75. The van der Waals surface area contributed by atoms with E-state index in [1.807, 2.05) is 0 Å². The van der Waals surface area contributed by atoms with Gasteiger partial charge in [0.15, 0.2) is 0 Å². The number of halogens is 1. The normalized spacial score (nSPS) is 14.0. The van der Waals surface area contributed by atoms with Gasteiger partial charge in [0, 0.05) is 16.1 Å². The SMILES string of the molecule is C[Si](C)(C)C([P-]Cl)[Si](C)(C)C.[Li+]. The van der Waals surface area contributed by atoms with Gasteiger partial charge in [0.05, 0.1) is 0 Å². The van der Waals surface area contributed by atoms with Crippen LogP contribution in [0.3, 0.4) is 0 Å². The first kappa shape index (κ1) is 16.2. The first-order valence-corrected chi connectivity index (χ1v) is 13.0. The van der Waals surface area contributed by atoms with Crippen molar-refractivity contribution < 1.29 is 18.9 Å². The van der Waals surface area contributed by atoms with Crippen LogP contribution in [-0.4, -0.2) is 21.1 Å². The van der Waals surface area contributed by atoms with Crippen LogP contribution in [0.5, 0.6) is 0 Å². The molecule has 0 bridgehead atoms. The minimum absolute atomic E-state index is 0. The summed E-state index contributed by atoms with van der Waals surface area (Å²) >= 11 is 5.98. The fraction of sp³-hybridized carbons (Fsp3) is 1.00. The van der Waals surface area contributed by atoms with Crippen LogP contribution in [0.25, 0.3) is 0 Å². The van der Waals surface area contributed by atoms with Crippen LogP contribution < -0.4 is 18.9 Å². The third-order valence-electron chi connectivity index (χ3n) is 1.74. The van der Waals surface area contributed by atoms with Gasteiger partial charge < -0.3 is 19.2 Å². The van der Waals surface area contributed by atoms with E-state index in [4.69, 9.17) is 11.2 Å². The van der Waals surface area contributed by atoms with Crippen LogP contribution in [0.1, 0.15) is 0 Å². The first-order valence-electron chi connectivity index (χ1n) is 4.00. The summed E-state index contributed by atoms with van der Waals surface area (Å²) in [6.45, 7) is 14.5. The van der Waals surface area contributed by atoms with E-state index in [0.29, 0.717) is 0 Å². The van der Waals surface area contributed by atoms with Crippen molar-refractivity contribution in [1.29, 1.82) is 0 Å². The van der Waals surface area contributed by atoms with Gasteiger partial charge in [-0.25, -0.2) is 0 Å². The zero-order valence-electron chi connectivity index (χ0n) is 9.40. The molecule has 0 rings (SSSR count). The largest absolute Gasteiger partial charge is 1.00 e. The Morgan fingerprint density at radius 3 is 1.17 bits per heavy atom. The minimum atomic E-state index is -1.00. The maximum Gasteiger partial charge on any atom is 1.00 e. The molecule has 0 aromatic heterocycles. The number of hydrogen-bond donors (Lipinski definition) is 0. The van der Waals surface area contributed by atoms with E-state index in [1.54, 1.807) is 0 Å². The third kappa shape index (κ3) is 5.47. The topological polar surface area (TPSA) is 0 Å². The van der Waals surface area contributed by atoms with Gasteiger partial charge in [-0.15, -0.1) is 0 Å². The zero-order valence-corrected chi connectivity index (χ0v) is 13.1. The molecule has 5 heteroatoms. The number of rotatable bonds is 3. The van der Waals surface area contributed by atoms with Crippen molar-refractivity contribution in [1.82, 2.24) is 0 Å². The molecular weight excluding hydrogens is 214 g/mol. The Labute approximate surface area is 98.0 Å². The van der Waals surface area contributed by atoms with Crippen molar-refractivity contribution in [2.75, 3.05) is 0 Å². The molecule has 0 spiro atoms. The molecule has 0 saturated carbocycles. The van der Waals surface area contributed by atoms with E-state index >= 15 is 0 Å². The van der Waals surface area contributed by atoms with Crippen molar-refractivity contribution in [3.63, 3.8) is 0 Å². The van der Waals surface area contributed by atoms with E-state index in [-0.39, 0.29) is 18.9 Å². The van der Waals surface area contributed by atoms with Crippen molar-refractivity contribution in [3.8, 4) is 0 Å². The maximum absolute atomic E-state index is 5.98. The Bertz CT molecular complexity index is 116. The molecule has 0 nitrogen and oxygen atoms in total. The van der Waals surface area contributed by atoms with Crippen molar-refractivity contribution in [3.05, 3.63) is 0 Å². The third-order valence-corrected chi connectivity index (χ3v) is 17.4. The molecule has 0 amide bonds. The summed E-state index contributed by atoms with van der Waals surface area (Å²) in [5.41, 5.74) is 0. The fourth-order valence-electron chi connectivity index (χ4n) is 1.59. The second-order valence-corrected chi connectivity index (χ2v) is 18.7. The maximum atomic E-state index is 5.98. The van der Waals surface area contributed by atoms with E-state index < -0.39 is 16.1 Å². The van der Waals surface area contributed by atoms with Gasteiger partial charge in [-0.3, -0.25) is 0 Å². The van der Waals surface area contributed by atoms with Crippen LogP contribution in [0.15, 0.2) is 0 Å². The van der Waals surface area contributed by atoms with Gasteiger partial charge in [0.25, 0.3) is 0 Å². The molecule has 0 aliphatic heterocycles. The summed E-state index contributed by atoms with van der Waals surface area (Å²) in [4.78, 5) is 0.830. The molecule has 68 valence electrons. The van der Waals surface area contributed by atoms with Gasteiger partial charge in [0.1, 0.15) is 0 Å². The Kier molecular flexibility index (Phi) is 7.54. The zero-order chi connectivity index (χ0) is 9.28. The fourth-order valence-corrected chi connectivity index (χ4v) is 19.6. The Morgan fingerprint density at radius 1 is 0.917 bits per heavy atom. The molecule has 0 N–H and O–H groups in total. The average Bonchev–Trinajstić information content (AvgIpc) is 1.56. The van der Waals surface area contributed by atoms with E-state index in [1.165, 1.54) is 0 Å². The van der Waals surface area contributed by atoms with Gasteiger partial charge >= 0.3 is 18.9 Å². The molecule has 0 unspecified atom stereocenters. The van der Waals surface area contributed by atoms with Crippen molar-refractivity contribution >= 4 is 35.3 Å². The van der Waals surface area contributed by atoms with Gasteiger partial charge in [-0.2, -0.15) is 4.91 Å². The van der Waals surface area contributed by atoms with Crippen LogP contribution in [0.4, 0.5) is 0 Å². The molecule has 0 radical (unpaired) electrons. The summed E-state index contributed by atoms with van der Waals surface area (Å²) in [5.74, 6) is 0. The molecule has 0 fully saturated rings. The molecular formula is C7H19ClLiPSi2. The van der Waals surface area contributed by atoms with Crippen LogP contribution in [0.2, 0.25) is 39.3 Å². The van der Waals surface area contributed by atoms with Crippen LogP contribution >= 0.6 is 19.2 Å². The molecule has 0 saturated heterocycles. The summed E-state index contributed by atoms with van der Waals surface area (Å²) in [6, 6.07) is 0. The minimum Gasteiger partial charge on any atom is -0.437 e. The Balaban J connectivity index is 0. The molecule has 0 aromatic carbocycles. The molecule has 0 atom stereocenters.